The number of hydrogen-bond acceptors (Lipinski definition) is 12. The zero-order chi connectivity index (χ0) is 23.3. The summed E-state index contributed by atoms with van der Waals surface area (Å²) in [6.45, 7) is -0.433. The maximum Gasteiger partial charge on any atom is 0.239 e. The Kier molecular flexibility index (Phi) is 5.22. The Morgan fingerprint density at radius 1 is 0.875 bits per heavy atom. The summed E-state index contributed by atoms with van der Waals surface area (Å²) in [5.41, 5.74) is -1.44. The van der Waals surface area contributed by atoms with Gasteiger partial charge in [-0.2, -0.15) is 0 Å². The number of fused-ring (bicyclic) bond motifs is 1. The highest BCUT2D eigenvalue weighted by molar-refractivity contribution is 5.88. The monoisotopic (exact) mass is 450 g/mol. The van der Waals surface area contributed by atoms with Crippen LogP contribution >= 0.6 is 0 Å². The van der Waals surface area contributed by atoms with E-state index in [2.05, 4.69) is 0 Å². The molecule has 1 aromatic heterocycles. The lowest BCUT2D eigenvalue weighted by atomic mass is 10.1. The first kappa shape index (κ1) is 21.5. The van der Waals surface area contributed by atoms with Crippen LogP contribution in [0.4, 0.5) is 0 Å². The van der Waals surface area contributed by atoms with Crippen LogP contribution < -0.4 is 10.2 Å². The van der Waals surface area contributed by atoms with Crippen molar-refractivity contribution in [3.63, 3.8) is 0 Å². The standard InChI is InChI=1S/C20H18O12/c21-7-3-8(22)13-12(4-7)31-18(6-1-9(23)14(26)10(24)2-6)19(16(13)28)32-20-17(29)15(27)11(25)5-30-20/h1-4,11,15,17,20-27,29H,5H2/t11-,15+,17+,20+/m1/s1. The Morgan fingerprint density at radius 2 is 1.53 bits per heavy atom. The maximum absolute atomic E-state index is 13.2. The van der Waals surface area contributed by atoms with E-state index in [-0.39, 0.29) is 11.1 Å². The fourth-order valence-electron chi connectivity index (χ4n) is 3.30. The quantitative estimate of drug-likeness (QED) is 0.244. The Labute approximate surface area is 178 Å². The molecule has 2 heterocycles. The van der Waals surface area contributed by atoms with Crippen LogP contribution in [0, 0.1) is 0 Å². The number of hydrogen-bond donors (Lipinski definition) is 8. The molecular weight excluding hydrogens is 432 g/mol. The topological polar surface area (TPSA) is 211 Å². The normalized spacial score (nSPS) is 23.3. The maximum atomic E-state index is 13.2. The van der Waals surface area contributed by atoms with E-state index in [1.165, 1.54) is 0 Å². The molecule has 0 bridgehead atoms. The molecule has 4 atom stereocenters. The number of ether oxygens (including phenoxy) is 2. The Hall–Kier alpha value is -3.71. The van der Waals surface area contributed by atoms with Gasteiger partial charge in [-0.3, -0.25) is 4.79 Å². The van der Waals surface area contributed by atoms with E-state index in [1.54, 1.807) is 0 Å². The number of benzene rings is 2. The van der Waals surface area contributed by atoms with Gasteiger partial charge in [-0.05, 0) is 12.1 Å². The zero-order valence-electron chi connectivity index (χ0n) is 16.0. The molecule has 4 rings (SSSR count). The Bertz CT molecular complexity index is 1230. The lowest BCUT2D eigenvalue weighted by Gasteiger charge is -2.34. The fraction of sp³-hybridized carbons (Fsp3) is 0.250. The SMILES string of the molecule is O=c1c(O[C@@H]2OC[C@@H](O)[C@H](O)[C@@H]2O)c(-c2cc(O)c(O)c(O)c2)oc2cc(O)cc(O)c12. The lowest BCUT2D eigenvalue weighted by molar-refractivity contribution is -0.242. The largest absolute Gasteiger partial charge is 0.508 e. The van der Waals surface area contributed by atoms with Gasteiger partial charge in [0.2, 0.25) is 17.5 Å². The van der Waals surface area contributed by atoms with E-state index in [9.17, 15) is 45.6 Å². The third kappa shape index (κ3) is 3.50. The van der Waals surface area contributed by atoms with Crippen LogP contribution in [0.1, 0.15) is 0 Å². The number of aromatic hydroxyl groups is 5. The van der Waals surface area contributed by atoms with Crippen LogP contribution in [0.5, 0.6) is 34.5 Å². The molecule has 1 fully saturated rings. The van der Waals surface area contributed by atoms with Gasteiger partial charge in [-0.25, -0.2) is 0 Å². The van der Waals surface area contributed by atoms with E-state index in [4.69, 9.17) is 13.9 Å². The van der Waals surface area contributed by atoms with Gasteiger partial charge >= 0.3 is 0 Å². The third-order valence-corrected chi connectivity index (χ3v) is 4.94. The molecule has 0 radical (unpaired) electrons. The van der Waals surface area contributed by atoms with Crippen LogP contribution in [-0.4, -0.2) is 72.1 Å². The Balaban J connectivity index is 1.95. The van der Waals surface area contributed by atoms with E-state index in [0.717, 1.165) is 24.3 Å². The first-order chi connectivity index (χ1) is 15.1. The minimum absolute atomic E-state index is 0.166. The van der Waals surface area contributed by atoms with Gasteiger partial charge in [-0.1, -0.05) is 0 Å². The second-order valence-corrected chi connectivity index (χ2v) is 7.16. The zero-order valence-corrected chi connectivity index (χ0v) is 16.0. The second kappa shape index (κ2) is 7.76. The molecule has 3 aromatic rings. The summed E-state index contributed by atoms with van der Waals surface area (Å²) in [5, 5.41) is 78.4. The summed E-state index contributed by atoms with van der Waals surface area (Å²) in [6, 6.07) is 3.78. The van der Waals surface area contributed by atoms with Crippen molar-refractivity contribution in [2.45, 2.75) is 24.6 Å². The molecule has 0 saturated carbocycles. The van der Waals surface area contributed by atoms with Gasteiger partial charge in [0.05, 0.1) is 6.61 Å². The van der Waals surface area contributed by atoms with Crippen molar-refractivity contribution in [3.8, 4) is 45.8 Å². The first-order valence-corrected chi connectivity index (χ1v) is 9.19. The average molecular weight is 450 g/mol. The van der Waals surface area contributed by atoms with Gasteiger partial charge in [0, 0.05) is 17.7 Å². The van der Waals surface area contributed by atoms with Crippen LogP contribution in [0.2, 0.25) is 0 Å². The summed E-state index contributed by atoms with van der Waals surface area (Å²) in [7, 11) is 0. The molecule has 1 aliphatic rings. The molecule has 32 heavy (non-hydrogen) atoms. The fourth-order valence-corrected chi connectivity index (χ4v) is 3.30. The van der Waals surface area contributed by atoms with Crippen LogP contribution in [-0.2, 0) is 4.74 Å². The van der Waals surface area contributed by atoms with E-state index in [0.29, 0.717) is 0 Å². The predicted molar refractivity (Wildman–Crippen MR) is 105 cm³/mol. The minimum Gasteiger partial charge on any atom is -0.508 e. The van der Waals surface area contributed by atoms with Crippen molar-refractivity contribution in [1.29, 1.82) is 0 Å². The van der Waals surface area contributed by atoms with Crippen LogP contribution in [0.3, 0.4) is 0 Å². The van der Waals surface area contributed by atoms with Crippen molar-refractivity contribution in [2.24, 2.45) is 0 Å². The van der Waals surface area contributed by atoms with Gasteiger partial charge in [0.1, 0.15) is 40.8 Å². The van der Waals surface area contributed by atoms with Crippen molar-refractivity contribution in [2.75, 3.05) is 6.61 Å². The number of aliphatic hydroxyl groups excluding tert-OH is 3. The summed E-state index contributed by atoms with van der Waals surface area (Å²) in [5.74, 6) is -4.54. The first-order valence-electron chi connectivity index (χ1n) is 9.19. The highest BCUT2D eigenvalue weighted by Gasteiger charge is 2.40. The van der Waals surface area contributed by atoms with Crippen molar-refractivity contribution >= 4 is 11.0 Å². The minimum atomic E-state index is -1.78. The molecule has 1 aliphatic heterocycles. The molecule has 0 amide bonds. The number of aliphatic hydroxyl groups is 3. The van der Waals surface area contributed by atoms with Crippen LogP contribution in [0.15, 0.2) is 33.5 Å². The molecule has 0 spiro atoms. The van der Waals surface area contributed by atoms with Crippen molar-refractivity contribution < 1.29 is 54.7 Å². The van der Waals surface area contributed by atoms with Gasteiger partial charge in [0.15, 0.2) is 23.0 Å². The summed E-state index contributed by atoms with van der Waals surface area (Å²) < 4.78 is 16.2. The number of phenolic OH excluding ortho intramolecular Hbond substituents is 5. The molecule has 0 aliphatic carbocycles. The summed E-state index contributed by atoms with van der Waals surface area (Å²) in [6.07, 6.45) is -6.49. The summed E-state index contributed by atoms with van der Waals surface area (Å²) in [4.78, 5) is 13.2. The molecule has 0 unspecified atom stereocenters. The molecule has 170 valence electrons. The van der Waals surface area contributed by atoms with Gasteiger partial charge < -0.3 is 54.7 Å². The second-order valence-electron chi connectivity index (χ2n) is 7.16. The van der Waals surface area contributed by atoms with Crippen LogP contribution in [0.25, 0.3) is 22.3 Å². The van der Waals surface area contributed by atoms with Crippen molar-refractivity contribution in [3.05, 3.63) is 34.5 Å². The van der Waals surface area contributed by atoms with Gasteiger partial charge in [0.25, 0.3) is 0 Å². The number of rotatable bonds is 3. The van der Waals surface area contributed by atoms with Crippen molar-refractivity contribution in [1.82, 2.24) is 0 Å². The highest BCUT2D eigenvalue weighted by Crippen LogP contribution is 2.42. The highest BCUT2D eigenvalue weighted by atomic mass is 16.7. The van der Waals surface area contributed by atoms with Gasteiger partial charge in [-0.15, -0.1) is 0 Å². The van der Waals surface area contributed by atoms with E-state index in [1.807, 2.05) is 0 Å². The third-order valence-electron chi connectivity index (χ3n) is 4.94. The molecule has 1 saturated heterocycles. The Morgan fingerprint density at radius 3 is 2.19 bits per heavy atom. The molecule has 8 N–H and O–H groups in total. The molecule has 12 heteroatoms. The smallest absolute Gasteiger partial charge is 0.239 e. The van der Waals surface area contributed by atoms with E-state index >= 15 is 0 Å². The lowest BCUT2D eigenvalue weighted by Crippen LogP contribution is -2.55. The molecule has 2 aromatic carbocycles. The molecule has 12 nitrogen and oxygen atoms in total. The average Bonchev–Trinajstić information content (AvgIpc) is 2.72. The molecular formula is C20H18O12. The summed E-state index contributed by atoms with van der Waals surface area (Å²) >= 11 is 0. The predicted octanol–water partition coefficient (Wildman–Crippen LogP) is -0.194. The number of phenols is 5. The van der Waals surface area contributed by atoms with E-state index < -0.39 is 82.3 Å².